The molecule has 0 saturated carbocycles. The first-order valence-electron chi connectivity index (χ1n) is 12.1. The largest absolute Gasteiger partial charge is 0.480 e. The number of aromatic nitrogens is 1. The van der Waals surface area contributed by atoms with Gasteiger partial charge in [0.1, 0.15) is 24.2 Å². The molecule has 2 rings (SSSR count). The molecule has 0 saturated heterocycles. The molecule has 0 aliphatic heterocycles. The Bertz CT molecular complexity index is 1160. The Hall–Kier alpha value is -4.17. The lowest BCUT2D eigenvalue weighted by atomic mass is 10.0. The van der Waals surface area contributed by atoms with E-state index in [0.29, 0.717) is 6.42 Å². The summed E-state index contributed by atoms with van der Waals surface area (Å²) in [7, 11) is 0. The molecule has 3 amide bonds. The van der Waals surface area contributed by atoms with Crippen molar-refractivity contribution in [1.29, 1.82) is 0 Å². The lowest BCUT2D eigenvalue weighted by Gasteiger charge is -2.24. The van der Waals surface area contributed by atoms with Gasteiger partial charge < -0.3 is 48.3 Å². The van der Waals surface area contributed by atoms with E-state index in [1.165, 1.54) is 13.8 Å². The number of nitrogens with zero attached hydrogens (tertiary/aromatic N) is 1. The number of aromatic amines is 1. The number of aliphatic hydroxyl groups excluding tert-OH is 1. The summed E-state index contributed by atoms with van der Waals surface area (Å²) in [5.41, 5.74) is 17.8. The van der Waals surface area contributed by atoms with Crippen LogP contribution in [0.4, 0.5) is 0 Å². The minimum Gasteiger partial charge on any atom is -0.480 e. The van der Waals surface area contributed by atoms with Gasteiger partial charge in [-0.2, -0.15) is 0 Å². The van der Waals surface area contributed by atoms with E-state index in [1.54, 1.807) is 6.20 Å². The molecule has 0 aliphatic rings. The Labute approximate surface area is 219 Å². The molecule has 0 radical (unpaired) electrons. The Kier molecular flexibility index (Phi) is 11.0. The van der Waals surface area contributed by atoms with Gasteiger partial charge in [-0.25, -0.2) is 4.79 Å². The van der Waals surface area contributed by atoms with Gasteiger partial charge in [0.05, 0.1) is 6.10 Å². The van der Waals surface area contributed by atoms with Gasteiger partial charge in [-0.3, -0.25) is 19.4 Å². The van der Waals surface area contributed by atoms with Crippen LogP contribution in [0.3, 0.4) is 0 Å². The maximum atomic E-state index is 13.2. The highest BCUT2D eigenvalue weighted by Crippen LogP contribution is 2.19. The van der Waals surface area contributed by atoms with Crippen LogP contribution < -0.4 is 33.2 Å². The van der Waals surface area contributed by atoms with Crippen molar-refractivity contribution in [2.24, 2.45) is 22.2 Å². The van der Waals surface area contributed by atoms with Crippen LogP contribution in [0.2, 0.25) is 0 Å². The predicted molar refractivity (Wildman–Crippen MR) is 141 cm³/mol. The first kappa shape index (κ1) is 30.1. The Morgan fingerprint density at radius 1 is 1.00 bits per heavy atom. The summed E-state index contributed by atoms with van der Waals surface area (Å²) in [5.74, 6) is -3.54. The number of aliphatic carboxylic acids is 1. The van der Waals surface area contributed by atoms with Crippen molar-refractivity contribution in [3.05, 3.63) is 36.0 Å². The van der Waals surface area contributed by atoms with Crippen LogP contribution in [0.1, 0.15) is 32.3 Å². The number of fused-ring (bicyclic) bond motifs is 1. The number of aliphatic hydroxyl groups is 1. The Morgan fingerprint density at radius 2 is 1.66 bits per heavy atom. The molecule has 1 heterocycles. The maximum Gasteiger partial charge on any atom is 0.326 e. The number of carboxylic acids is 1. The molecular formula is C24H36N8O6. The van der Waals surface area contributed by atoms with E-state index >= 15 is 0 Å². The average Bonchev–Trinajstić information content (AvgIpc) is 3.26. The number of hydrogen-bond donors (Lipinski definition) is 9. The summed E-state index contributed by atoms with van der Waals surface area (Å²) < 4.78 is 0. The summed E-state index contributed by atoms with van der Waals surface area (Å²) in [6.07, 6.45) is 0.983. The number of carboxylic acid groups (broad SMARTS) is 1. The van der Waals surface area contributed by atoms with Crippen LogP contribution in [-0.2, 0) is 25.6 Å². The van der Waals surface area contributed by atoms with Crippen LogP contribution in [0.25, 0.3) is 10.9 Å². The van der Waals surface area contributed by atoms with Crippen LogP contribution in [0.15, 0.2) is 35.5 Å². The number of carbonyl (C=O) groups excluding carboxylic acids is 3. The summed E-state index contributed by atoms with van der Waals surface area (Å²) >= 11 is 0. The highest BCUT2D eigenvalue weighted by Gasteiger charge is 2.30. The van der Waals surface area contributed by atoms with E-state index in [2.05, 4.69) is 25.9 Å². The van der Waals surface area contributed by atoms with E-state index in [9.17, 15) is 29.4 Å². The highest BCUT2D eigenvalue weighted by atomic mass is 16.4. The third-order valence-corrected chi connectivity index (χ3v) is 5.87. The molecule has 5 atom stereocenters. The van der Waals surface area contributed by atoms with E-state index in [1.807, 2.05) is 24.3 Å². The summed E-state index contributed by atoms with van der Waals surface area (Å²) in [5, 5.41) is 27.4. The fraction of sp³-hybridized carbons (Fsp3) is 0.458. The normalized spacial score (nSPS) is 14.9. The average molecular weight is 533 g/mol. The number of benzene rings is 1. The van der Waals surface area contributed by atoms with Crippen LogP contribution in [0, 0.1) is 0 Å². The van der Waals surface area contributed by atoms with Crippen molar-refractivity contribution in [3.63, 3.8) is 0 Å². The van der Waals surface area contributed by atoms with Crippen molar-refractivity contribution in [3.8, 4) is 0 Å². The first-order chi connectivity index (χ1) is 17.9. The third kappa shape index (κ3) is 8.74. The predicted octanol–water partition coefficient (Wildman–Crippen LogP) is -1.97. The lowest BCUT2D eigenvalue weighted by Crippen LogP contribution is -2.58. The van der Waals surface area contributed by atoms with Gasteiger partial charge in [-0.15, -0.1) is 0 Å². The molecule has 38 heavy (non-hydrogen) atoms. The smallest absolute Gasteiger partial charge is 0.326 e. The third-order valence-electron chi connectivity index (χ3n) is 5.87. The van der Waals surface area contributed by atoms with E-state index < -0.39 is 54.0 Å². The quantitative estimate of drug-likeness (QED) is 0.0742. The SMILES string of the molecule is CC(NC(=O)C(Cc1c[nH]c2ccccc12)NC(=O)C(N)C(C)O)C(=O)NC(CCCN=C(N)N)C(=O)O. The van der Waals surface area contributed by atoms with Crippen molar-refractivity contribution < 1.29 is 29.4 Å². The number of aliphatic imine (C=N–C) groups is 1. The summed E-state index contributed by atoms with van der Waals surface area (Å²) in [4.78, 5) is 56.8. The molecular weight excluding hydrogens is 496 g/mol. The standard InChI is InChI=1S/C24H36N8O6/c1-12(20(34)31-17(23(37)38)8-5-9-28-24(26)27)30-21(35)18(32-22(36)19(25)13(2)33)10-14-11-29-16-7-4-3-6-15(14)16/h3-4,6-7,11-13,17-19,29,33H,5,8-10,25H2,1-2H3,(H,30,35)(H,31,34)(H,32,36)(H,37,38)(H4,26,27,28). The van der Waals surface area contributed by atoms with Crippen LogP contribution in [0.5, 0.6) is 0 Å². The second-order valence-electron chi connectivity index (χ2n) is 8.97. The first-order valence-corrected chi connectivity index (χ1v) is 12.1. The maximum absolute atomic E-state index is 13.2. The molecule has 14 nitrogen and oxygen atoms in total. The van der Waals surface area contributed by atoms with Gasteiger partial charge >= 0.3 is 5.97 Å². The lowest BCUT2D eigenvalue weighted by molar-refractivity contribution is -0.142. The van der Waals surface area contributed by atoms with Crippen LogP contribution >= 0.6 is 0 Å². The second kappa shape index (κ2) is 13.9. The molecule has 0 bridgehead atoms. The van der Waals surface area contributed by atoms with E-state index in [0.717, 1.165) is 16.5 Å². The fourth-order valence-electron chi connectivity index (χ4n) is 3.65. The van der Waals surface area contributed by atoms with Crippen molar-refractivity contribution >= 4 is 40.6 Å². The molecule has 12 N–H and O–H groups in total. The van der Waals surface area contributed by atoms with Gasteiger partial charge in [0.15, 0.2) is 5.96 Å². The number of para-hydroxylation sites is 1. The molecule has 5 unspecified atom stereocenters. The molecule has 14 heteroatoms. The monoisotopic (exact) mass is 532 g/mol. The molecule has 0 spiro atoms. The van der Waals surface area contributed by atoms with Gasteiger partial charge in [0.2, 0.25) is 17.7 Å². The van der Waals surface area contributed by atoms with E-state index in [4.69, 9.17) is 17.2 Å². The molecule has 2 aromatic rings. The fourth-order valence-corrected chi connectivity index (χ4v) is 3.65. The molecule has 1 aromatic carbocycles. The topological polar surface area (TPSA) is 251 Å². The zero-order valence-electron chi connectivity index (χ0n) is 21.3. The van der Waals surface area contributed by atoms with Gasteiger partial charge in [0, 0.05) is 30.1 Å². The molecule has 0 fully saturated rings. The van der Waals surface area contributed by atoms with Crippen LogP contribution in [-0.4, -0.2) is 81.7 Å². The summed E-state index contributed by atoms with van der Waals surface area (Å²) in [6.45, 7) is 2.93. The Morgan fingerprint density at radius 3 is 2.29 bits per heavy atom. The number of hydrogen-bond acceptors (Lipinski definition) is 7. The molecule has 0 aliphatic carbocycles. The summed E-state index contributed by atoms with van der Waals surface area (Å²) in [6, 6.07) is 2.63. The second-order valence-corrected chi connectivity index (χ2v) is 8.97. The minimum absolute atomic E-state index is 0.0605. The van der Waals surface area contributed by atoms with Crippen molar-refractivity contribution in [2.75, 3.05) is 6.54 Å². The van der Waals surface area contributed by atoms with Gasteiger partial charge in [-0.05, 0) is 38.3 Å². The van der Waals surface area contributed by atoms with E-state index in [-0.39, 0.29) is 25.3 Å². The number of rotatable bonds is 14. The van der Waals surface area contributed by atoms with Crippen molar-refractivity contribution in [2.45, 2.75) is 63.4 Å². The highest BCUT2D eigenvalue weighted by molar-refractivity contribution is 5.94. The molecule has 208 valence electrons. The number of H-pyrrole nitrogens is 1. The zero-order chi connectivity index (χ0) is 28.4. The number of guanidine groups is 1. The zero-order valence-corrected chi connectivity index (χ0v) is 21.3. The number of amides is 3. The van der Waals surface area contributed by atoms with Crippen molar-refractivity contribution in [1.82, 2.24) is 20.9 Å². The number of nitrogens with one attached hydrogen (secondary N) is 4. The molecule has 1 aromatic heterocycles. The Balaban J connectivity index is 2.12. The minimum atomic E-state index is -1.27. The van der Waals surface area contributed by atoms with Gasteiger partial charge in [-0.1, -0.05) is 18.2 Å². The number of nitrogens with two attached hydrogens (primary N) is 3. The van der Waals surface area contributed by atoms with Gasteiger partial charge in [0.25, 0.3) is 0 Å². The number of carbonyl (C=O) groups is 4.